The first kappa shape index (κ1) is 18.6. The van der Waals surface area contributed by atoms with Crippen molar-refractivity contribution in [2.45, 2.75) is 6.54 Å². The van der Waals surface area contributed by atoms with Crippen LogP contribution in [0, 0.1) is 11.6 Å². The normalized spacial score (nSPS) is 12.9. The topological polar surface area (TPSA) is 58.6 Å². The van der Waals surface area contributed by atoms with Crippen molar-refractivity contribution in [2.75, 3.05) is 16.8 Å². The Hall–Kier alpha value is -3.74. The summed E-state index contributed by atoms with van der Waals surface area (Å²) in [7, 11) is 0. The molecule has 7 heteroatoms. The van der Waals surface area contributed by atoms with Gasteiger partial charge in [0.25, 0.3) is 11.8 Å². The van der Waals surface area contributed by atoms with E-state index in [2.05, 4.69) is 5.32 Å². The molecule has 1 aliphatic rings. The Morgan fingerprint density at radius 2 is 1.72 bits per heavy atom. The number of ether oxygens (including phenoxy) is 1. The number of hydrogen-bond donors (Lipinski definition) is 1. The van der Waals surface area contributed by atoms with Crippen LogP contribution in [0.25, 0.3) is 0 Å². The van der Waals surface area contributed by atoms with E-state index >= 15 is 0 Å². The smallest absolute Gasteiger partial charge is 0.265 e. The van der Waals surface area contributed by atoms with Crippen LogP contribution in [0.3, 0.4) is 0 Å². The van der Waals surface area contributed by atoms with Crippen LogP contribution in [-0.2, 0) is 11.3 Å². The van der Waals surface area contributed by atoms with Crippen LogP contribution < -0.4 is 15.0 Å². The SMILES string of the molecule is O=C(Nc1ccc2c(c1)OCC(=O)N2Cc1ccccc1F)c1ccccc1F. The van der Waals surface area contributed by atoms with Gasteiger partial charge in [0.05, 0.1) is 17.8 Å². The molecule has 5 nitrogen and oxygen atoms in total. The summed E-state index contributed by atoms with van der Waals surface area (Å²) >= 11 is 0. The average Bonchev–Trinajstić information content (AvgIpc) is 2.72. The number of anilines is 2. The average molecular weight is 394 g/mol. The summed E-state index contributed by atoms with van der Waals surface area (Å²) in [4.78, 5) is 26.1. The summed E-state index contributed by atoms with van der Waals surface area (Å²) in [5.41, 5.74) is 1.15. The van der Waals surface area contributed by atoms with Crippen molar-refractivity contribution >= 4 is 23.2 Å². The second-order valence-electron chi connectivity index (χ2n) is 6.48. The third-order valence-corrected chi connectivity index (χ3v) is 4.57. The van der Waals surface area contributed by atoms with Crippen LogP contribution in [-0.4, -0.2) is 18.4 Å². The number of hydrogen-bond acceptors (Lipinski definition) is 3. The Balaban J connectivity index is 1.58. The zero-order valence-corrected chi connectivity index (χ0v) is 15.2. The molecule has 0 saturated heterocycles. The third kappa shape index (κ3) is 3.80. The summed E-state index contributed by atoms with van der Waals surface area (Å²) < 4.78 is 33.3. The Morgan fingerprint density at radius 3 is 2.48 bits per heavy atom. The summed E-state index contributed by atoms with van der Waals surface area (Å²) in [6.45, 7) is -0.144. The lowest BCUT2D eigenvalue weighted by Gasteiger charge is -2.30. The van der Waals surface area contributed by atoms with Crippen molar-refractivity contribution in [1.82, 2.24) is 0 Å². The van der Waals surface area contributed by atoms with Crippen LogP contribution in [0.5, 0.6) is 5.75 Å². The maximum absolute atomic E-state index is 14.0. The highest BCUT2D eigenvalue weighted by atomic mass is 19.1. The number of carbonyl (C=O) groups is 2. The van der Waals surface area contributed by atoms with E-state index in [1.807, 2.05) is 0 Å². The van der Waals surface area contributed by atoms with Gasteiger partial charge in [0.2, 0.25) is 0 Å². The molecule has 0 bridgehead atoms. The molecule has 1 heterocycles. The van der Waals surface area contributed by atoms with Crippen molar-refractivity contribution in [3.8, 4) is 5.75 Å². The molecule has 3 aromatic carbocycles. The van der Waals surface area contributed by atoms with Crippen molar-refractivity contribution in [2.24, 2.45) is 0 Å². The Labute approximate surface area is 165 Å². The molecular weight excluding hydrogens is 378 g/mol. The third-order valence-electron chi connectivity index (χ3n) is 4.57. The first-order valence-corrected chi connectivity index (χ1v) is 8.89. The summed E-state index contributed by atoms with van der Waals surface area (Å²) in [6.07, 6.45) is 0. The second-order valence-corrected chi connectivity index (χ2v) is 6.48. The van der Waals surface area contributed by atoms with Gasteiger partial charge in [0.15, 0.2) is 6.61 Å². The van der Waals surface area contributed by atoms with Crippen LogP contribution >= 0.6 is 0 Å². The van der Waals surface area contributed by atoms with Gasteiger partial charge in [-0.15, -0.1) is 0 Å². The highest BCUT2D eigenvalue weighted by Gasteiger charge is 2.27. The fourth-order valence-corrected chi connectivity index (χ4v) is 3.10. The van der Waals surface area contributed by atoms with Crippen LogP contribution in [0.4, 0.5) is 20.2 Å². The molecule has 1 N–H and O–H groups in total. The highest BCUT2D eigenvalue weighted by molar-refractivity contribution is 6.05. The van der Waals surface area contributed by atoms with Crippen LogP contribution in [0.2, 0.25) is 0 Å². The monoisotopic (exact) mass is 394 g/mol. The van der Waals surface area contributed by atoms with E-state index in [1.54, 1.807) is 42.5 Å². The van der Waals surface area contributed by atoms with Gasteiger partial charge in [-0.3, -0.25) is 9.59 Å². The molecule has 146 valence electrons. The molecule has 0 unspecified atom stereocenters. The number of fused-ring (bicyclic) bond motifs is 1. The molecule has 0 aliphatic carbocycles. The Kier molecular flexibility index (Phi) is 4.95. The first-order valence-electron chi connectivity index (χ1n) is 8.89. The largest absolute Gasteiger partial charge is 0.481 e. The van der Waals surface area contributed by atoms with Crippen molar-refractivity contribution in [3.63, 3.8) is 0 Å². The predicted molar refractivity (Wildman–Crippen MR) is 104 cm³/mol. The van der Waals surface area contributed by atoms with E-state index in [4.69, 9.17) is 4.74 Å². The van der Waals surface area contributed by atoms with E-state index in [0.29, 0.717) is 22.7 Å². The van der Waals surface area contributed by atoms with Crippen molar-refractivity contribution in [1.29, 1.82) is 0 Å². The zero-order chi connectivity index (χ0) is 20.4. The van der Waals surface area contributed by atoms with E-state index in [0.717, 1.165) is 0 Å². The molecule has 0 atom stereocenters. The molecular formula is C22H16F2N2O3. The molecule has 0 saturated carbocycles. The van der Waals surface area contributed by atoms with Gasteiger partial charge in [-0.2, -0.15) is 0 Å². The molecule has 4 rings (SSSR count). The lowest BCUT2D eigenvalue weighted by atomic mass is 10.1. The lowest BCUT2D eigenvalue weighted by molar-refractivity contribution is -0.121. The summed E-state index contributed by atoms with van der Waals surface area (Å²) in [5, 5.41) is 2.61. The molecule has 3 aromatic rings. The Bertz CT molecular complexity index is 1100. The number of rotatable bonds is 4. The Morgan fingerprint density at radius 1 is 1.00 bits per heavy atom. The van der Waals surface area contributed by atoms with Gasteiger partial charge in [0.1, 0.15) is 17.4 Å². The quantitative estimate of drug-likeness (QED) is 0.724. The van der Waals surface area contributed by atoms with Crippen LogP contribution in [0.1, 0.15) is 15.9 Å². The fourth-order valence-electron chi connectivity index (χ4n) is 3.10. The predicted octanol–water partition coefficient (Wildman–Crippen LogP) is 4.14. The number of amides is 2. The molecule has 1 aliphatic heterocycles. The van der Waals surface area contributed by atoms with Gasteiger partial charge in [-0.05, 0) is 30.3 Å². The molecule has 2 amide bonds. The maximum Gasteiger partial charge on any atom is 0.265 e. The van der Waals surface area contributed by atoms with Gasteiger partial charge < -0.3 is 15.0 Å². The molecule has 0 aromatic heterocycles. The van der Waals surface area contributed by atoms with E-state index < -0.39 is 17.5 Å². The number of carbonyl (C=O) groups excluding carboxylic acids is 2. The standard InChI is InChI=1S/C22H16F2N2O3/c23-17-7-3-1-5-14(17)12-26-19-10-9-15(11-20(19)29-13-21(26)27)25-22(28)16-6-2-4-8-18(16)24/h1-11H,12-13H2,(H,25,28). The minimum absolute atomic E-state index is 0.0583. The van der Waals surface area contributed by atoms with Gasteiger partial charge >= 0.3 is 0 Å². The van der Waals surface area contributed by atoms with Crippen molar-refractivity contribution < 1.29 is 23.1 Å². The highest BCUT2D eigenvalue weighted by Crippen LogP contribution is 2.35. The number of nitrogens with one attached hydrogen (secondary N) is 1. The molecule has 0 fully saturated rings. The summed E-state index contributed by atoms with van der Waals surface area (Å²) in [5.74, 6) is -1.56. The first-order chi connectivity index (χ1) is 14.0. The molecule has 0 spiro atoms. The van der Waals surface area contributed by atoms with Gasteiger partial charge in [0, 0.05) is 17.3 Å². The van der Waals surface area contributed by atoms with Gasteiger partial charge in [-0.1, -0.05) is 30.3 Å². The maximum atomic E-state index is 14.0. The molecule has 0 radical (unpaired) electrons. The zero-order valence-electron chi connectivity index (χ0n) is 15.2. The second kappa shape index (κ2) is 7.71. The lowest BCUT2D eigenvalue weighted by Crippen LogP contribution is -2.38. The number of benzene rings is 3. The van der Waals surface area contributed by atoms with E-state index in [9.17, 15) is 18.4 Å². The van der Waals surface area contributed by atoms with Crippen LogP contribution in [0.15, 0.2) is 66.7 Å². The number of nitrogens with zero attached hydrogens (tertiary/aromatic N) is 1. The number of halogens is 2. The minimum atomic E-state index is -0.624. The van der Waals surface area contributed by atoms with E-state index in [-0.39, 0.29) is 24.6 Å². The summed E-state index contributed by atoms with van der Waals surface area (Å²) in [6, 6.07) is 16.6. The van der Waals surface area contributed by atoms with Crippen molar-refractivity contribution in [3.05, 3.63) is 89.5 Å². The van der Waals surface area contributed by atoms with Gasteiger partial charge in [-0.25, -0.2) is 8.78 Å². The van der Waals surface area contributed by atoms with E-state index in [1.165, 1.54) is 29.2 Å². The fraction of sp³-hybridized carbons (Fsp3) is 0.0909. The molecule has 29 heavy (non-hydrogen) atoms. The minimum Gasteiger partial charge on any atom is -0.481 e.